The van der Waals surface area contributed by atoms with Gasteiger partial charge in [0.25, 0.3) is 0 Å². The number of esters is 1. The molecule has 13 atom stereocenters. The van der Waals surface area contributed by atoms with Gasteiger partial charge >= 0.3 is 12.1 Å². The van der Waals surface area contributed by atoms with E-state index in [0.717, 1.165) is 6.54 Å². The highest BCUT2D eigenvalue weighted by Gasteiger charge is 2.55. The van der Waals surface area contributed by atoms with E-state index in [0.29, 0.717) is 38.3 Å². The van der Waals surface area contributed by atoms with Gasteiger partial charge in [-0.1, -0.05) is 20.8 Å². The predicted molar refractivity (Wildman–Crippen MR) is 183 cm³/mol. The van der Waals surface area contributed by atoms with Crippen molar-refractivity contribution in [3.05, 3.63) is 0 Å². The molecular formula is C34H60N4O9S. The number of nitrogens with one attached hydrogen (secondary N) is 3. The second-order valence-electron chi connectivity index (χ2n) is 15.2. The normalized spacial score (nSPS) is 43.5. The summed E-state index contributed by atoms with van der Waals surface area (Å²) in [5.74, 6) is -1.54. The minimum Gasteiger partial charge on any atom is -0.457 e. The summed E-state index contributed by atoms with van der Waals surface area (Å²) in [6.45, 7) is 13.2. The lowest BCUT2D eigenvalue weighted by Gasteiger charge is -2.47. The molecule has 48 heavy (non-hydrogen) atoms. The molecule has 4 fully saturated rings. The number of aliphatic hydroxyl groups excluding tert-OH is 1. The molecule has 14 heteroatoms. The van der Waals surface area contributed by atoms with Gasteiger partial charge in [0.1, 0.15) is 12.2 Å². The lowest BCUT2D eigenvalue weighted by molar-refractivity contribution is -0.296. The number of fused-ring (bicyclic) bond motifs is 1. The Balaban J connectivity index is 1.65. The number of amides is 1. The van der Waals surface area contributed by atoms with E-state index >= 15 is 0 Å². The molecule has 1 saturated carbocycles. The Morgan fingerprint density at radius 3 is 2.42 bits per heavy atom. The number of nitrogens with zero attached hydrogens (tertiary/aromatic N) is 1. The molecule has 3 saturated heterocycles. The molecule has 13 nitrogen and oxygen atoms in total. The van der Waals surface area contributed by atoms with Crippen molar-refractivity contribution in [2.45, 2.75) is 139 Å². The van der Waals surface area contributed by atoms with E-state index in [1.807, 2.05) is 39.8 Å². The number of cyclic esters (lactones) is 1. The number of ether oxygens (including phenoxy) is 5. The second kappa shape index (κ2) is 16.2. The third-order valence-electron chi connectivity index (χ3n) is 10.9. The van der Waals surface area contributed by atoms with Crippen molar-refractivity contribution < 1.29 is 43.2 Å². The highest BCUT2D eigenvalue weighted by molar-refractivity contribution is 7.82. The van der Waals surface area contributed by atoms with Crippen LogP contribution in [0.4, 0.5) is 4.79 Å². The number of alkyl carbamates (subject to hydrolysis) is 1. The Bertz CT molecular complexity index is 1130. The molecule has 0 radical (unpaired) electrons. The lowest BCUT2D eigenvalue weighted by atomic mass is 9.80. The first kappa shape index (κ1) is 39.3. The van der Waals surface area contributed by atoms with E-state index < -0.39 is 70.9 Å². The number of ketones is 1. The van der Waals surface area contributed by atoms with Gasteiger partial charge in [-0.2, -0.15) is 12.6 Å². The van der Waals surface area contributed by atoms with Crippen LogP contribution in [0.5, 0.6) is 0 Å². The number of carbonyl (C=O) groups is 3. The standard InChI is InChI=1S/C34H60N4O9S/c1-10-24-34(6)28(37-32(42)47-34)20(4)36-15-18(2)14-33(5,43-9)29(19(3)25(39)27(48)30(41)45-24)46-31-26(40)23(38(7)8)13-22(44-31)17-35-16-21-11-12-21/h18-24,26-29,31,35-36,40,48H,10-17H2,1-9H3,(H,37,42)/t18-,19+,20-,22+,23?,24-,26-,27?,28-,29-,31+,33-,34-/m1/s1. The van der Waals surface area contributed by atoms with Crippen LogP contribution >= 0.6 is 12.6 Å². The van der Waals surface area contributed by atoms with Gasteiger partial charge < -0.3 is 49.6 Å². The zero-order valence-corrected chi connectivity index (χ0v) is 31.1. The summed E-state index contributed by atoms with van der Waals surface area (Å²) in [6, 6.07) is -1.02. The number of carbonyl (C=O) groups excluding carboxylic acids is 3. The van der Waals surface area contributed by atoms with Gasteiger partial charge in [0.05, 0.1) is 23.9 Å². The number of hydrogen-bond donors (Lipinski definition) is 5. The third-order valence-corrected chi connectivity index (χ3v) is 11.4. The largest absolute Gasteiger partial charge is 0.457 e. The Hall–Kier alpha value is -1.52. The molecule has 0 aromatic carbocycles. The summed E-state index contributed by atoms with van der Waals surface area (Å²) in [4.78, 5) is 42.1. The van der Waals surface area contributed by atoms with E-state index in [-0.39, 0.29) is 24.1 Å². The van der Waals surface area contributed by atoms with E-state index in [4.69, 9.17) is 23.7 Å². The summed E-state index contributed by atoms with van der Waals surface area (Å²) in [6.07, 6.45) is -0.751. The van der Waals surface area contributed by atoms with Crippen LogP contribution < -0.4 is 16.0 Å². The van der Waals surface area contributed by atoms with Crippen LogP contribution in [0, 0.1) is 17.8 Å². The molecule has 276 valence electrons. The van der Waals surface area contributed by atoms with Crippen molar-refractivity contribution in [3.63, 3.8) is 0 Å². The number of Topliss-reactive ketones (excluding diaryl/α,β-unsaturated/α-hetero) is 1. The second-order valence-corrected chi connectivity index (χ2v) is 15.7. The molecule has 1 aliphatic carbocycles. The first-order chi connectivity index (χ1) is 22.5. The van der Waals surface area contributed by atoms with Gasteiger partial charge in [0.2, 0.25) is 0 Å². The molecule has 4 rings (SSSR count). The number of aliphatic hydroxyl groups is 1. The zero-order valence-electron chi connectivity index (χ0n) is 30.2. The van der Waals surface area contributed by atoms with Crippen LogP contribution in [-0.2, 0) is 33.3 Å². The molecule has 0 aromatic heterocycles. The fourth-order valence-corrected chi connectivity index (χ4v) is 8.04. The summed E-state index contributed by atoms with van der Waals surface area (Å²) in [7, 11) is 5.41. The lowest BCUT2D eigenvalue weighted by Crippen LogP contribution is -2.60. The van der Waals surface area contributed by atoms with Crippen molar-refractivity contribution in [1.29, 1.82) is 0 Å². The van der Waals surface area contributed by atoms with E-state index in [2.05, 4.69) is 35.5 Å². The Morgan fingerprint density at radius 2 is 1.81 bits per heavy atom. The van der Waals surface area contributed by atoms with Gasteiger partial charge in [-0.15, -0.1) is 0 Å². The van der Waals surface area contributed by atoms with Crippen molar-refractivity contribution in [3.8, 4) is 0 Å². The summed E-state index contributed by atoms with van der Waals surface area (Å²) >= 11 is 4.47. The molecular weight excluding hydrogens is 640 g/mol. The quantitative estimate of drug-likeness (QED) is 0.136. The average molecular weight is 701 g/mol. The van der Waals surface area contributed by atoms with E-state index in [9.17, 15) is 19.5 Å². The monoisotopic (exact) mass is 700 g/mol. The van der Waals surface area contributed by atoms with Gasteiger partial charge in [-0.25, -0.2) is 4.79 Å². The fraction of sp³-hybridized carbons (Fsp3) is 0.912. The average Bonchev–Trinajstić information content (AvgIpc) is 3.81. The number of methoxy groups -OCH3 is 1. The number of rotatable bonds is 9. The Kier molecular flexibility index (Phi) is 13.3. The first-order valence-corrected chi connectivity index (χ1v) is 18.1. The van der Waals surface area contributed by atoms with Crippen molar-refractivity contribution in [2.75, 3.05) is 40.8 Å². The predicted octanol–water partition coefficient (Wildman–Crippen LogP) is 1.89. The maximum absolute atomic E-state index is 14.1. The van der Waals surface area contributed by atoms with Gasteiger partial charge in [0.15, 0.2) is 22.9 Å². The summed E-state index contributed by atoms with van der Waals surface area (Å²) in [5.41, 5.74) is -2.23. The Morgan fingerprint density at radius 1 is 1.12 bits per heavy atom. The minimum absolute atomic E-state index is 0.0120. The molecule has 0 aromatic rings. The van der Waals surface area contributed by atoms with Gasteiger partial charge in [0, 0.05) is 31.7 Å². The van der Waals surface area contributed by atoms with Crippen LogP contribution in [0.1, 0.15) is 73.6 Å². The van der Waals surface area contributed by atoms with Gasteiger partial charge in [-0.05, 0) is 91.9 Å². The molecule has 4 N–H and O–H groups in total. The highest BCUT2D eigenvalue weighted by atomic mass is 32.1. The summed E-state index contributed by atoms with van der Waals surface area (Å²) < 4.78 is 30.9. The fourth-order valence-electron chi connectivity index (χ4n) is 7.74. The minimum atomic E-state index is -1.45. The maximum Gasteiger partial charge on any atom is 0.408 e. The van der Waals surface area contributed by atoms with Crippen LogP contribution in [0.2, 0.25) is 0 Å². The topological polar surface area (TPSA) is 157 Å². The number of thiol groups is 1. The van der Waals surface area contributed by atoms with E-state index in [1.165, 1.54) is 12.8 Å². The molecule has 4 aliphatic rings. The molecule has 3 aliphatic heterocycles. The van der Waals surface area contributed by atoms with Crippen LogP contribution in [0.25, 0.3) is 0 Å². The number of likely N-dealkylation sites (N-methyl/N-ethyl adjacent to an activating group) is 1. The molecule has 3 heterocycles. The highest BCUT2D eigenvalue weighted by Crippen LogP contribution is 2.37. The van der Waals surface area contributed by atoms with Crippen molar-refractivity contribution >= 4 is 30.5 Å². The first-order valence-electron chi connectivity index (χ1n) is 17.6. The zero-order chi connectivity index (χ0) is 35.6. The van der Waals surface area contributed by atoms with Crippen LogP contribution in [-0.4, -0.2) is 134 Å². The molecule has 0 spiro atoms. The Labute approximate surface area is 291 Å². The van der Waals surface area contributed by atoms with Crippen LogP contribution in [0.3, 0.4) is 0 Å². The summed E-state index contributed by atoms with van der Waals surface area (Å²) in [5, 5.41) is 20.0. The number of hydrogen-bond acceptors (Lipinski definition) is 13. The molecule has 0 bridgehead atoms. The van der Waals surface area contributed by atoms with Crippen LogP contribution in [0.15, 0.2) is 0 Å². The maximum atomic E-state index is 14.1. The van der Waals surface area contributed by atoms with Gasteiger partial charge in [-0.3, -0.25) is 9.59 Å². The smallest absolute Gasteiger partial charge is 0.408 e. The third kappa shape index (κ3) is 8.85. The molecule has 1 amide bonds. The van der Waals surface area contributed by atoms with Crippen molar-refractivity contribution in [1.82, 2.24) is 20.9 Å². The van der Waals surface area contributed by atoms with E-state index in [1.54, 1.807) is 21.0 Å². The SMILES string of the molecule is CC[C@H]1OC(=O)C(S)C(=O)[C@H](C)[C@@H](O[C@@H]2O[C@H](CNCC3CC3)CC(N(C)C)[C@H]2O)[C@](C)(OC)C[C@@H](C)CN[C@H](C)[C@H]2NC(=O)O[C@@]21C. The molecule has 2 unspecified atom stereocenters. The van der Waals surface area contributed by atoms with Crippen molar-refractivity contribution in [2.24, 2.45) is 17.8 Å².